The van der Waals surface area contributed by atoms with Gasteiger partial charge in [-0.25, -0.2) is 4.79 Å². The minimum atomic E-state index is -0.389. The fourth-order valence-corrected chi connectivity index (χ4v) is 1.61. The highest BCUT2D eigenvalue weighted by atomic mass is 16.5. The largest absolute Gasteiger partial charge is 0.466 e. The number of esters is 2. The first-order chi connectivity index (χ1) is 9.70. The molecule has 0 aliphatic rings. The van der Waals surface area contributed by atoms with Crippen molar-refractivity contribution in [3.63, 3.8) is 0 Å². The number of aliphatic hydroxyl groups excluding tert-OH is 1. The summed E-state index contributed by atoms with van der Waals surface area (Å²) in [6.07, 6.45) is 7.48. The van der Waals surface area contributed by atoms with Crippen LogP contribution in [0.5, 0.6) is 0 Å². The Bertz CT molecular complexity index is 275. The fourth-order valence-electron chi connectivity index (χ4n) is 1.61. The molecule has 0 atom stereocenters. The Labute approximate surface area is 121 Å². The van der Waals surface area contributed by atoms with Gasteiger partial charge in [0.1, 0.15) is 0 Å². The van der Waals surface area contributed by atoms with Gasteiger partial charge < -0.3 is 14.6 Å². The lowest BCUT2D eigenvalue weighted by Crippen LogP contribution is -2.06. The van der Waals surface area contributed by atoms with Crippen molar-refractivity contribution in [2.24, 2.45) is 0 Å². The average Bonchev–Trinajstić information content (AvgIpc) is 2.46. The second-order valence-corrected chi connectivity index (χ2v) is 4.54. The first kappa shape index (κ1) is 18.6. The standard InChI is InChI=1S/C15H26O5/c1-2-14(17)19-12-8-3-4-9-13-20-15(18)10-6-5-7-11-16/h2,16H,1,3-13H2. The summed E-state index contributed by atoms with van der Waals surface area (Å²) in [5.74, 6) is -0.553. The van der Waals surface area contributed by atoms with Crippen molar-refractivity contribution in [1.29, 1.82) is 0 Å². The van der Waals surface area contributed by atoms with Crippen LogP contribution in [0, 0.1) is 0 Å². The molecule has 0 amide bonds. The van der Waals surface area contributed by atoms with Crippen LogP contribution >= 0.6 is 0 Å². The van der Waals surface area contributed by atoms with Crippen molar-refractivity contribution in [2.75, 3.05) is 19.8 Å². The predicted octanol–water partition coefficient (Wildman–Crippen LogP) is 2.37. The Morgan fingerprint density at radius 3 is 2.10 bits per heavy atom. The van der Waals surface area contributed by atoms with E-state index in [0.717, 1.165) is 51.0 Å². The lowest BCUT2D eigenvalue weighted by Gasteiger charge is -2.05. The Hall–Kier alpha value is -1.36. The lowest BCUT2D eigenvalue weighted by atomic mass is 10.2. The Morgan fingerprint density at radius 1 is 0.900 bits per heavy atom. The topological polar surface area (TPSA) is 72.8 Å². The molecule has 0 aliphatic carbocycles. The molecule has 0 saturated heterocycles. The molecule has 0 radical (unpaired) electrons. The summed E-state index contributed by atoms with van der Waals surface area (Å²) in [7, 11) is 0. The van der Waals surface area contributed by atoms with E-state index in [4.69, 9.17) is 14.6 Å². The highest BCUT2D eigenvalue weighted by Gasteiger charge is 2.02. The van der Waals surface area contributed by atoms with E-state index in [9.17, 15) is 9.59 Å². The minimum absolute atomic E-state index is 0.164. The molecule has 0 saturated carbocycles. The average molecular weight is 286 g/mol. The molecular formula is C15H26O5. The van der Waals surface area contributed by atoms with E-state index in [1.54, 1.807) is 0 Å². The molecule has 0 aliphatic heterocycles. The summed E-state index contributed by atoms with van der Waals surface area (Å²) in [6.45, 7) is 4.35. The van der Waals surface area contributed by atoms with Crippen LogP contribution in [0.3, 0.4) is 0 Å². The van der Waals surface area contributed by atoms with Crippen LogP contribution < -0.4 is 0 Å². The molecule has 0 heterocycles. The lowest BCUT2D eigenvalue weighted by molar-refractivity contribution is -0.144. The maximum absolute atomic E-state index is 11.3. The summed E-state index contributed by atoms with van der Waals surface area (Å²) in [4.78, 5) is 22.0. The number of hydrogen-bond donors (Lipinski definition) is 1. The summed E-state index contributed by atoms with van der Waals surface area (Å²) >= 11 is 0. The summed E-state index contributed by atoms with van der Waals surface area (Å²) in [5, 5.41) is 8.59. The molecule has 0 aromatic carbocycles. The zero-order valence-electron chi connectivity index (χ0n) is 12.1. The molecule has 5 nitrogen and oxygen atoms in total. The van der Waals surface area contributed by atoms with E-state index in [1.807, 2.05) is 0 Å². The van der Waals surface area contributed by atoms with Crippen molar-refractivity contribution in [3.8, 4) is 0 Å². The molecule has 1 N–H and O–H groups in total. The zero-order valence-corrected chi connectivity index (χ0v) is 12.1. The Kier molecular flexibility index (Phi) is 13.1. The first-order valence-electron chi connectivity index (χ1n) is 7.26. The van der Waals surface area contributed by atoms with E-state index in [0.29, 0.717) is 19.6 Å². The van der Waals surface area contributed by atoms with Gasteiger partial charge >= 0.3 is 11.9 Å². The molecule has 5 heteroatoms. The van der Waals surface area contributed by atoms with Crippen LogP contribution in [0.25, 0.3) is 0 Å². The maximum atomic E-state index is 11.3. The van der Waals surface area contributed by atoms with E-state index in [1.165, 1.54) is 0 Å². The number of carbonyl (C=O) groups is 2. The van der Waals surface area contributed by atoms with Gasteiger partial charge in [-0.2, -0.15) is 0 Å². The van der Waals surface area contributed by atoms with Crippen molar-refractivity contribution >= 4 is 11.9 Å². The fraction of sp³-hybridized carbons (Fsp3) is 0.733. The molecule has 0 unspecified atom stereocenters. The van der Waals surface area contributed by atoms with Crippen LogP contribution in [-0.2, 0) is 19.1 Å². The normalized spacial score (nSPS) is 10.1. The molecule has 0 rings (SSSR count). The van der Waals surface area contributed by atoms with Gasteiger partial charge in [0, 0.05) is 19.1 Å². The maximum Gasteiger partial charge on any atom is 0.330 e. The molecule has 0 fully saturated rings. The molecule has 20 heavy (non-hydrogen) atoms. The van der Waals surface area contributed by atoms with Gasteiger partial charge in [-0.05, 0) is 38.5 Å². The van der Waals surface area contributed by atoms with Gasteiger partial charge in [0.15, 0.2) is 0 Å². The van der Waals surface area contributed by atoms with Crippen molar-refractivity contribution < 1.29 is 24.2 Å². The molecule has 0 aromatic heterocycles. The third-order valence-corrected chi connectivity index (χ3v) is 2.75. The number of hydrogen-bond acceptors (Lipinski definition) is 5. The van der Waals surface area contributed by atoms with Crippen LogP contribution in [0.4, 0.5) is 0 Å². The highest BCUT2D eigenvalue weighted by molar-refractivity contribution is 5.81. The number of aliphatic hydroxyl groups is 1. The summed E-state index contributed by atoms with van der Waals surface area (Å²) < 4.78 is 9.92. The van der Waals surface area contributed by atoms with E-state index in [2.05, 4.69) is 6.58 Å². The van der Waals surface area contributed by atoms with E-state index in [-0.39, 0.29) is 18.5 Å². The SMILES string of the molecule is C=CC(=O)OCCCCCCOC(=O)CCCCCO. The Morgan fingerprint density at radius 2 is 1.50 bits per heavy atom. The van der Waals surface area contributed by atoms with Crippen LogP contribution in [-0.4, -0.2) is 36.9 Å². The van der Waals surface area contributed by atoms with E-state index >= 15 is 0 Å². The van der Waals surface area contributed by atoms with Gasteiger partial charge in [-0.1, -0.05) is 13.0 Å². The second-order valence-electron chi connectivity index (χ2n) is 4.54. The number of ether oxygens (including phenoxy) is 2. The molecule has 116 valence electrons. The van der Waals surface area contributed by atoms with Crippen LogP contribution in [0.2, 0.25) is 0 Å². The van der Waals surface area contributed by atoms with Gasteiger partial charge in [0.2, 0.25) is 0 Å². The van der Waals surface area contributed by atoms with Crippen LogP contribution in [0.15, 0.2) is 12.7 Å². The van der Waals surface area contributed by atoms with E-state index < -0.39 is 0 Å². The van der Waals surface area contributed by atoms with Gasteiger partial charge in [-0.3, -0.25) is 4.79 Å². The smallest absolute Gasteiger partial charge is 0.330 e. The summed E-state index contributed by atoms with van der Waals surface area (Å²) in [5.41, 5.74) is 0. The minimum Gasteiger partial charge on any atom is -0.466 e. The quantitative estimate of drug-likeness (QED) is 0.320. The van der Waals surface area contributed by atoms with Crippen molar-refractivity contribution in [2.45, 2.75) is 51.4 Å². The molecule has 0 aromatic rings. The highest BCUT2D eigenvalue weighted by Crippen LogP contribution is 2.04. The van der Waals surface area contributed by atoms with Crippen LogP contribution in [0.1, 0.15) is 51.4 Å². The molecular weight excluding hydrogens is 260 g/mol. The summed E-state index contributed by atoms with van der Waals surface area (Å²) in [6, 6.07) is 0. The third-order valence-electron chi connectivity index (χ3n) is 2.75. The third kappa shape index (κ3) is 13.1. The predicted molar refractivity (Wildman–Crippen MR) is 76.1 cm³/mol. The molecule has 0 bridgehead atoms. The molecule has 0 spiro atoms. The van der Waals surface area contributed by atoms with Gasteiger partial charge in [0.25, 0.3) is 0 Å². The van der Waals surface area contributed by atoms with Gasteiger partial charge in [0.05, 0.1) is 13.2 Å². The Balaban J connectivity index is 3.21. The van der Waals surface area contributed by atoms with Crippen molar-refractivity contribution in [1.82, 2.24) is 0 Å². The van der Waals surface area contributed by atoms with Crippen molar-refractivity contribution in [3.05, 3.63) is 12.7 Å². The number of rotatable bonds is 13. The monoisotopic (exact) mass is 286 g/mol. The van der Waals surface area contributed by atoms with Gasteiger partial charge in [-0.15, -0.1) is 0 Å². The number of unbranched alkanes of at least 4 members (excludes halogenated alkanes) is 5. The first-order valence-corrected chi connectivity index (χ1v) is 7.26. The second kappa shape index (κ2) is 14.1. The number of carbonyl (C=O) groups excluding carboxylic acids is 2. The zero-order chi connectivity index (χ0) is 15.1.